The first kappa shape index (κ1) is 14.6. The summed E-state index contributed by atoms with van der Waals surface area (Å²) in [5.41, 5.74) is 1.90. The van der Waals surface area contributed by atoms with Crippen molar-refractivity contribution >= 4 is 17.3 Å². The van der Waals surface area contributed by atoms with E-state index in [9.17, 15) is 5.11 Å². The van der Waals surface area contributed by atoms with E-state index in [0.29, 0.717) is 5.02 Å². The van der Waals surface area contributed by atoms with Gasteiger partial charge in [-0.1, -0.05) is 17.7 Å². The molecule has 1 atom stereocenters. The summed E-state index contributed by atoms with van der Waals surface area (Å²) in [5.74, 6) is 0. The summed E-state index contributed by atoms with van der Waals surface area (Å²) >= 11 is 6.20. The molecule has 19 heavy (non-hydrogen) atoms. The summed E-state index contributed by atoms with van der Waals surface area (Å²) in [5, 5.41) is 10.2. The number of halogens is 1. The number of benzene rings is 1. The Balaban J connectivity index is 1.94. The summed E-state index contributed by atoms with van der Waals surface area (Å²) in [6.45, 7) is 6.31. The highest BCUT2D eigenvalue weighted by molar-refractivity contribution is 6.31. The first-order chi connectivity index (χ1) is 9.08. The molecule has 4 heteroatoms. The molecule has 2 rings (SSSR count). The van der Waals surface area contributed by atoms with E-state index in [2.05, 4.69) is 16.8 Å². The summed E-state index contributed by atoms with van der Waals surface area (Å²) < 4.78 is 0. The average molecular weight is 283 g/mol. The molecule has 0 radical (unpaired) electrons. The van der Waals surface area contributed by atoms with E-state index in [4.69, 9.17) is 11.6 Å². The van der Waals surface area contributed by atoms with E-state index in [-0.39, 0.29) is 0 Å². The average Bonchev–Trinajstić information content (AvgIpc) is 2.88. The normalized spacial score (nSPS) is 17.7. The fourth-order valence-electron chi connectivity index (χ4n) is 2.52. The van der Waals surface area contributed by atoms with Crippen LogP contribution in [0.5, 0.6) is 0 Å². The maximum atomic E-state index is 9.58. The molecule has 0 bridgehead atoms. The maximum Gasteiger partial charge on any atom is 0.0776 e. The van der Waals surface area contributed by atoms with Gasteiger partial charge in [0.25, 0.3) is 0 Å². The summed E-state index contributed by atoms with van der Waals surface area (Å²) in [6.07, 6.45) is 2.15. The SMILES string of the molecule is CC(O)c1ccc(N(C)CCN2CCCC2)cc1Cl. The Morgan fingerprint density at radius 3 is 2.63 bits per heavy atom. The summed E-state index contributed by atoms with van der Waals surface area (Å²) in [4.78, 5) is 4.72. The van der Waals surface area contributed by atoms with Crippen molar-refractivity contribution in [2.45, 2.75) is 25.9 Å². The lowest BCUT2D eigenvalue weighted by atomic mass is 10.1. The van der Waals surface area contributed by atoms with Crippen LogP contribution in [0.3, 0.4) is 0 Å². The lowest BCUT2D eigenvalue weighted by molar-refractivity contribution is 0.199. The highest BCUT2D eigenvalue weighted by Crippen LogP contribution is 2.27. The van der Waals surface area contributed by atoms with Gasteiger partial charge in [0.2, 0.25) is 0 Å². The Morgan fingerprint density at radius 1 is 1.37 bits per heavy atom. The van der Waals surface area contributed by atoms with E-state index >= 15 is 0 Å². The molecule has 1 unspecified atom stereocenters. The van der Waals surface area contributed by atoms with Gasteiger partial charge in [0, 0.05) is 30.8 Å². The second-order valence-electron chi connectivity index (χ2n) is 5.35. The van der Waals surface area contributed by atoms with Gasteiger partial charge in [-0.3, -0.25) is 0 Å². The van der Waals surface area contributed by atoms with Gasteiger partial charge in [-0.2, -0.15) is 0 Å². The molecule has 1 aliphatic rings. The van der Waals surface area contributed by atoms with Crippen LogP contribution >= 0.6 is 11.6 Å². The number of likely N-dealkylation sites (N-methyl/N-ethyl adjacent to an activating group) is 1. The van der Waals surface area contributed by atoms with Gasteiger partial charge < -0.3 is 14.9 Å². The van der Waals surface area contributed by atoms with Crippen molar-refractivity contribution in [3.63, 3.8) is 0 Å². The van der Waals surface area contributed by atoms with Crippen molar-refractivity contribution in [2.75, 3.05) is 38.1 Å². The lowest BCUT2D eigenvalue weighted by Gasteiger charge is -2.24. The standard InChI is InChI=1S/C15H23ClN2O/c1-12(19)14-6-5-13(11-15(14)16)17(2)9-10-18-7-3-4-8-18/h5-6,11-12,19H,3-4,7-10H2,1-2H3. The number of nitrogens with zero attached hydrogens (tertiary/aromatic N) is 2. The molecule has 1 saturated heterocycles. The molecule has 0 aliphatic carbocycles. The van der Waals surface area contributed by atoms with E-state index in [1.165, 1.54) is 25.9 Å². The maximum absolute atomic E-state index is 9.58. The van der Waals surface area contributed by atoms with Crippen LogP contribution in [0, 0.1) is 0 Å². The van der Waals surface area contributed by atoms with Gasteiger partial charge in [0.1, 0.15) is 0 Å². The highest BCUT2D eigenvalue weighted by atomic mass is 35.5. The molecule has 1 aliphatic heterocycles. The molecular formula is C15H23ClN2O. The van der Waals surface area contributed by atoms with E-state index in [0.717, 1.165) is 24.3 Å². The van der Waals surface area contributed by atoms with Crippen LogP contribution < -0.4 is 4.90 Å². The number of hydrogen-bond acceptors (Lipinski definition) is 3. The minimum Gasteiger partial charge on any atom is -0.389 e. The Hall–Kier alpha value is -0.770. The van der Waals surface area contributed by atoms with Crippen molar-refractivity contribution in [3.8, 4) is 0 Å². The quantitative estimate of drug-likeness (QED) is 0.900. The Kier molecular flexibility index (Phi) is 5.08. The molecule has 1 fully saturated rings. The third kappa shape index (κ3) is 3.85. The van der Waals surface area contributed by atoms with Gasteiger partial charge in [0.05, 0.1) is 6.10 Å². The molecular weight excluding hydrogens is 260 g/mol. The van der Waals surface area contributed by atoms with E-state index < -0.39 is 6.10 Å². The topological polar surface area (TPSA) is 26.7 Å². The largest absolute Gasteiger partial charge is 0.389 e. The lowest BCUT2D eigenvalue weighted by Crippen LogP contribution is -2.31. The van der Waals surface area contributed by atoms with Crippen molar-refractivity contribution in [2.24, 2.45) is 0 Å². The fourth-order valence-corrected chi connectivity index (χ4v) is 2.85. The van der Waals surface area contributed by atoms with Crippen molar-refractivity contribution in [1.29, 1.82) is 0 Å². The number of aliphatic hydroxyl groups is 1. The Morgan fingerprint density at radius 2 is 2.05 bits per heavy atom. The molecule has 0 spiro atoms. The monoisotopic (exact) mass is 282 g/mol. The van der Waals surface area contributed by atoms with Crippen molar-refractivity contribution in [3.05, 3.63) is 28.8 Å². The number of anilines is 1. The first-order valence-corrected chi connectivity index (χ1v) is 7.36. The van der Waals surface area contributed by atoms with Gasteiger partial charge in [-0.05, 0) is 50.6 Å². The molecule has 1 N–H and O–H groups in total. The number of likely N-dealkylation sites (tertiary alicyclic amines) is 1. The summed E-state index contributed by atoms with van der Waals surface area (Å²) in [6, 6.07) is 5.88. The van der Waals surface area contributed by atoms with Crippen LogP contribution in [-0.4, -0.2) is 43.2 Å². The zero-order valence-electron chi connectivity index (χ0n) is 11.8. The van der Waals surface area contributed by atoms with Crippen LogP contribution in [-0.2, 0) is 0 Å². The third-order valence-electron chi connectivity index (χ3n) is 3.83. The molecule has 1 aromatic carbocycles. The Bertz CT molecular complexity index is 417. The second-order valence-corrected chi connectivity index (χ2v) is 5.76. The van der Waals surface area contributed by atoms with Crippen LogP contribution in [0.25, 0.3) is 0 Å². The van der Waals surface area contributed by atoms with Crippen LogP contribution in [0.15, 0.2) is 18.2 Å². The fraction of sp³-hybridized carbons (Fsp3) is 0.600. The molecule has 0 amide bonds. The number of rotatable bonds is 5. The van der Waals surface area contributed by atoms with Crippen LogP contribution in [0.1, 0.15) is 31.4 Å². The zero-order valence-corrected chi connectivity index (χ0v) is 12.5. The van der Waals surface area contributed by atoms with Gasteiger partial charge in [-0.25, -0.2) is 0 Å². The van der Waals surface area contributed by atoms with E-state index in [1.807, 2.05) is 18.2 Å². The zero-order chi connectivity index (χ0) is 13.8. The Labute approximate surface area is 120 Å². The number of aliphatic hydroxyl groups excluding tert-OH is 1. The third-order valence-corrected chi connectivity index (χ3v) is 4.15. The van der Waals surface area contributed by atoms with Gasteiger partial charge >= 0.3 is 0 Å². The minimum absolute atomic E-state index is 0.517. The predicted molar refractivity (Wildman–Crippen MR) is 81.0 cm³/mol. The second kappa shape index (κ2) is 6.60. The predicted octanol–water partition coefficient (Wildman–Crippen LogP) is 2.93. The van der Waals surface area contributed by atoms with Gasteiger partial charge in [-0.15, -0.1) is 0 Å². The molecule has 1 heterocycles. The smallest absolute Gasteiger partial charge is 0.0776 e. The molecule has 0 aromatic heterocycles. The summed E-state index contributed by atoms with van der Waals surface area (Å²) in [7, 11) is 2.09. The number of hydrogen-bond donors (Lipinski definition) is 1. The molecule has 3 nitrogen and oxygen atoms in total. The van der Waals surface area contributed by atoms with E-state index in [1.54, 1.807) is 6.92 Å². The van der Waals surface area contributed by atoms with Crippen LogP contribution in [0.2, 0.25) is 5.02 Å². The first-order valence-electron chi connectivity index (χ1n) is 6.99. The minimum atomic E-state index is -0.517. The molecule has 106 valence electrons. The van der Waals surface area contributed by atoms with Gasteiger partial charge in [0.15, 0.2) is 0 Å². The van der Waals surface area contributed by atoms with Crippen LogP contribution in [0.4, 0.5) is 5.69 Å². The highest BCUT2D eigenvalue weighted by Gasteiger charge is 2.13. The molecule has 1 aromatic rings. The molecule has 0 saturated carbocycles. The van der Waals surface area contributed by atoms with Crippen molar-refractivity contribution < 1.29 is 5.11 Å². The van der Waals surface area contributed by atoms with Crippen molar-refractivity contribution in [1.82, 2.24) is 4.90 Å².